The second-order valence-electron chi connectivity index (χ2n) is 5.90. The van der Waals surface area contributed by atoms with Crippen LogP contribution in [0, 0.1) is 6.92 Å². The zero-order valence-electron chi connectivity index (χ0n) is 13.2. The lowest BCUT2D eigenvalue weighted by molar-refractivity contribution is -0.110. The molecule has 3 aromatic rings. The molecule has 25 heavy (non-hydrogen) atoms. The van der Waals surface area contributed by atoms with Gasteiger partial charge in [-0.2, -0.15) is 8.42 Å². The first-order valence-electron chi connectivity index (χ1n) is 7.57. The maximum absolute atomic E-state index is 12.3. The molecule has 2 heterocycles. The number of anilines is 1. The summed E-state index contributed by atoms with van der Waals surface area (Å²) < 4.78 is 32.0. The number of fused-ring (bicyclic) bond motifs is 2. The second kappa shape index (κ2) is 5.30. The Balaban J connectivity index is 1.90. The number of aromatic nitrogens is 1. The number of benzene rings is 2. The van der Waals surface area contributed by atoms with Crippen LogP contribution in [0.2, 0.25) is 0 Å². The lowest BCUT2D eigenvalue weighted by Gasteiger charge is -2.02. The van der Waals surface area contributed by atoms with Crippen molar-refractivity contribution in [1.29, 1.82) is 0 Å². The van der Waals surface area contributed by atoms with Crippen LogP contribution < -0.4 is 5.32 Å². The third-order valence-electron chi connectivity index (χ3n) is 4.36. The molecule has 0 spiro atoms. The molecule has 0 aliphatic carbocycles. The normalized spacial score (nSPS) is 15.6. The van der Waals surface area contributed by atoms with E-state index >= 15 is 0 Å². The number of hydrogen-bond donors (Lipinski definition) is 3. The Kier molecular flexibility index (Phi) is 3.31. The zero-order chi connectivity index (χ0) is 17.8. The van der Waals surface area contributed by atoms with Gasteiger partial charge in [-0.05, 0) is 42.8 Å². The minimum Gasteiger partial charge on any atom is -0.355 e. The van der Waals surface area contributed by atoms with Gasteiger partial charge >= 0.3 is 0 Å². The molecule has 2 aromatic carbocycles. The van der Waals surface area contributed by atoms with Crippen molar-refractivity contribution in [3.05, 3.63) is 59.3 Å². The number of carbonyl (C=O) groups is 1. The van der Waals surface area contributed by atoms with Crippen molar-refractivity contribution in [3.63, 3.8) is 0 Å². The Morgan fingerprint density at radius 3 is 2.60 bits per heavy atom. The summed E-state index contributed by atoms with van der Waals surface area (Å²) >= 11 is 0. The molecule has 1 aliphatic rings. The van der Waals surface area contributed by atoms with Gasteiger partial charge in [-0.25, -0.2) is 0 Å². The van der Waals surface area contributed by atoms with Crippen molar-refractivity contribution in [3.8, 4) is 0 Å². The van der Waals surface area contributed by atoms with Gasteiger partial charge in [0.15, 0.2) is 0 Å². The first kappa shape index (κ1) is 15.6. The number of aryl methyl sites for hydroxylation is 1. The molecular formula is C18H14N2O4S. The Morgan fingerprint density at radius 1 is 1.12 bits per heavy atom. The lowest BCUT2D eigenvalue weighted by atomic mass is 10.0. The van der Waals surface area contributed by atoms with E-state index in [1.807, 2.05) is 31.2 Å². The summed E-state index contributed by atoms with van der Waals surface area (Å²) in [5, 5.41) is 3.76. The highest BCUT2D eigenvalue weighted by Crippen LogP contribution is 2.35. The molecule has 1 aromatic heterocycles. The monoisotopic (exact) mass is 354 g/mol. The molecule has 126 valence electrons. The molecule has 0 atom stereocenters. The highest BCUT2D eigenvalue weighted by molar-refractivity contribution is 7.85. The maximum Gasteiger partial charge on any atom is 0.294 e. The average Bonchev–Trinajstić information content (AvgIpc) is 3.05. The van der Waals surface area contributed by atoms with E-state index in [0.717, 1.165) is 22.2 Å². The van der Waals surface area contributed by atoms with Gasteiger partial charge in [0.2, 0.25) is 0 Å². The van der Waals surface area contributed by atoms with E-state index in [1.54, 1.807) is 6.08 Å². The van der Waals surface area contributed by atoms with Gasteiger partial charge in [-0.3, -0.25) is 9.35 Å². The summed E-state index contributed by atoms with van der Waals surface area (Å²) in [6.07, 6.45) is 1.70. The number of aromatic amines is 1. The highest BCUT2D eigenvalue weighted by atomic mass is 32.2. The molecule has 1 amide bonds. The second-order valence-corrected chi connectivity index (χ2v) is 7.33. The van der Waals surface area contributed by atoms with Gasteiger partial charge < -0.3 is 10.3 Å². The van der Waals surface area contributed by atoms with E-state index in [0.29, 0.717) is 16.8 Å². The molecule has 0 fully saturated rings. The Bertz CT molecular complexity index is 1170. The number of carbonyl (C=O) groups excluding carboxylic acids is 1. The molecule has 0 saturated carbocycles. The summed E-state index contributed by atoms with van der Waals surface area (Å²) in [7, 11) is -4.34. The SMILES string of the molecule is Cc1c(/C=C2\C(=O)Nc3ccc(S(=O)(=O)O)cc32)[nH]c2ccccc12. The van der Waals surface area contributed by atoms with Crippen LogP contribution in [0.1, 0.15) is 16.8 Å². The predicted molar refractivity (Wildman–Crippen MR) is 95.8 cm³/mol. The Hall–Kier alpha value is -2.90. The fourth-order valence-corrected chi connectivity index (χ4v) is 3.57. The van der Waals surface area contributed by atoms with E-state index in [2.05, 4.69) is 10.3 Å². The van der Waals surface area contributed by atoms with Crippen molar-refractivity contribution in [1.82, 2.24) is 4.98 Å². The maximum atomic E-state index is 12.3. The predicted octanol–water partition coefficient (Wildman–Crippen LogP) is 3.22. The van der Waals surface area contributed by atoms with Gasteiger partial charge in [0.05, 0.1) is 10.5 Å². The third-order valence-corrected chi connectivity index (χ3v) is 5.21. The van der Waals surface area contributed by atoms with Crippen LogP contribution in [-0.4, -0.2) is 23.9 Å². The van der Waals surface area contributed by atoms with Gasteiger partial charge in [-0.1, -0.05) is 18.2 Å². The molecule has 6 nitrogen and oxygen atoms in total. The molecular weight excluding hydrogens is 340 g/mol. The number of H-pyrrole nitrogens is 1. The summed E-state index contributed by atoms with van der Waals surface area (Å²) in [5.74, 6) is -0.319. The fraction of sp³-hybridized carbons (Fsp3) is 0.0556. The van der Waals surface area contributed by atoms with Crippen LogP contribution in [0.15, 0.2) is 47.4 Å². The minimum atomic E-state index is -4.34. The van der Waals surface area contributed by atoms with Crippen molar-refractivity contribution in [2.45, 2.75) is 11.8 Å². The van der Waals surface area contributed by atoms with E-state index in [1.165, 1.54) is 18.2 Å². The summed E-state index contributed by atoms with van der Waals surface area (Å²) in [5.41, 5.74) is 4.02. The molecule has 0 bridgehead atoms. The molecule has 4 rings (SSSR count). The van der Waals surface area contributed by atoms with Gasteiger partial charge in [0.25, 0.3) is 16.0 Å². The van der Waals surface area contributed by atoms with Crippen LogP contribution in [0.4, 0.5) is 5.69 Å². The average molecular weight is 354 g/mol. The largest absolute Gasteiger partial charge is 0.355 e. The number of amides is 1. The van der Waals surface area contributed by atoms with Crippen molar-refractivity contribution in [2.24, 2.45) is 0 Å². The molecule has 0 saturated heterocycles. The fourth-order valence-electron chi connectivity index (χ4n) is 3.06. The first-order valence-corrected chi connectivity index (χ1v) is 9.01. The molecule has 0 radical (unpaired) electrons. The Morgan fingerprint density at radius 2 is 1.88 bits per heavy atom. The van der Waals surface area contributed by atoms with Crippen molar-refractivity contribution >= 4 is 44.3 Å². The van der Waals surface area contributed by atoms with E-state index in [-0.39, 0.29) is 10.8 Å². The van der Waals surface area contributed by atoms with Crippen LogP contribution >= 0.6 is 0 Å². The standard InChI is InChI=1S/C18H14N2O4S/c1-10-12-4-2-3-5-15(12)19-17(10)9-14-13-8-11(25(22,23)24)6-7-16(13)20-18(14)21/h2-9,19H,1H3,(H,20,21)(H,22,23,24)/b14-9-. The zero-order valence-corrected chi connectivity index (χ0v) is 14.0. The molecule has 0 unspecified atom stereocenters. The van der Waals surface area contributed by atoms with Gasteiger partial charge in [0.1, 0.15) is 0 Å². The smallest absolute Gasteiger partial charge is 0.294 e. The molecule has 1 aliphatic heterocycles. The quantitative estimate of drug-likeness (QED) is 0.486. The summed E-state index contributed by atoms with van der Waals surface area (Å²) in [6, 6.07) is 11.8. The van der Waals surface area contributed by atoms with Crippen LogP contribution in [0.3, 0.4) is 0 Å². The number of rotatable bonds is 2. The van der Waals surface area contributed by atoms with Crippen LogP contribution in [0.5, 0.6) is 0 Å². The minimum absolute atomic E-state index is 0.248. The summed E-state index contributed by atoms with van der Waals surface area (Å²) in [6.45, 7) is 1.95. The van der Waals surface area contributed by atoms with Gasteiger partial charge in [0, 0.05) is 27.8 Å². The summed E-state index contributed by atoms with van der Waals surface area (Å²) in [4.78, 5) is 15.3. The first-order chi connectivity index (χ1) is 11.8. The van der Waals surface area contributed by atoms with Gasteiger partial charge in [-0.15, -0.1) is 0 Å². The number of para-hydroxylation sites is 1. The van der Waals surface area contributed by atoms with Crippen molar-refractivity contribution < 1.29 is 17.8 Å². The van der Waals surface area contributed by atoms with Crippen LogP contribution in [0.25, 0.3) is 22.6 Å². The lowest BCUT2D eigenvalue weighted by Crippen LogP contribution is -2.03. The topological polar surface area (TPSA) is 99.3 Å². The Labute approximate surface area is 143 Å². The van der Waals surface area contributed by atoms with E-state index < -0.39 is 10.1 Å². The van der Waals surface area contributed by atoms with E-state index in [4.69, 9.17) is 0 Å². The molecule has 3 N–H and O–H groups in total. The third kappa shape index (κ3) is 2.54. The van der Waals surface area contributed by atoms with Crippen LogP contribution in [-0.2, 0) is 14.9 Å². The number of hydrogen-bond acceptors (Lipinski definition) is 3. The molecule has 7 heteroatoms. The van der Waals surface area contributed by atoms with E-state index in [9.17, 15) is 17.8 Å². The number of nitrogens with one attached hydrogen (secondary N) is 2. The highest BCUT2D eigenvalue weighted by Gasteiger charge is 2.26. The van der Waals surface area contributed by atoms with Crippen molar-refractivity contribution in [2.75, 3.05) is 5.32 Å².